The first-order valence-electron chi connectivity index (χ1n) is 9.35. The molecule has 6 nitrogen and oxygen atoms in total. The van der Waals surface area contributed by atoms with Gasteiger partial charge in [-0.15, -0.1) is 0 Å². The number of nitrogens with zero attached hydrogens (tertiary/aromatic N) is 3. The minimum atomic E-state index is -0.154. The van der Waals surface area contributed by atoms with Gasteiger partial charge < -0.3 is 19.9 Å². The van der Waals surface area contributed by atoms with Crippen molar-refractivity contribution in [3.8, 4) is 0 Å². The minimum absolute atomic E-state index is 0.154. The van der Waals surface area contributed by atoms with E-state index in [0.717, 1.165) is 24.5 Å². The van der Waals surface area contributed by atoms with Gasteiger partial charge in [-0.2, -0.15) is 0 Å². The Hall–Kier alpha value is -2.60. The fraction of sp³-hybridized carbons (Fsp3) is 0.429. The molecule has 0 bridgehead atoms. The number of nitrogens with one attached hydrogen (secondary N) is 1. The molecule has 3 rings (SSSR count). The zero-order valence-corrected chi connectivity index (χ0v) is 16.5. The molecule has 0 aliphatic carbocycles. The van der Waals surface area contributed by atoms with Crippen molar-refractivity contribution in [1.29, 1.82) is 0 Å². The molecular weight excluding hydrogens is 340 g/mol. The van der Waals surface area contributed by atoms with Crippen LogP contribution in [0.2, 0.25) is 0 Å². The minimum Gasteiger partial charge on any atom is -0.372 e. The zero-order valence-electron chi connectivity index (χ0n) is 16.5. The first-order valence-corrected chi connectivity index (χ1v) is 9.35. The Morgan fingerprint density at radius 2 is 1.85 bits per heavy atom. The number of pyridine rings is 1. The number of morpholine rings is 1. The smallest absolute Gasteiger partial charge is 0.321 e. The molecule has 2 atom stereocenters. The summed E-state index contributed by atoms with van der Waals surface area (Å²) in [6.07, 6.45) is 2.08. The Morgan fingerprint density at radius 1 is 1.19 bits per heavy atom. The summed E-state index contributed by atoms with van der Waals surface area (Å²) in [5.74, 6) is 0.906. The van der Waals surface area contributed by atoms with E-state index in [1.807, 2.05) is 24.3 Å². The second kappa shape index (κ2) is 8.39. The van der Waals surface area contributed by atoms with Gasteiger partial charge in [-0.3, -0.25) is 0 Å². The van der Waals surface area contributed by atoms with Gasteiger partial charge >= 0.3 is 6.03 Å². The van der Waals surface area contributed by atoms with Crippen LogP contribution in [-0.2, 0) is 11.3 Å². The highest BCUT2D eigenvalue weighted by atomic mass is 16.5. The van der Waals surface area contributed by atoms with E-state index in [1.165, 1.54) is 5.56 Å². The highest BCUT2D eigenvalue weighted by molar-refractivity contribution is 5.89. The molecule has 6 heteroatoms. The summed E-state index contributed by atoms with van der Waals surface area (Å²) in [4.78, 5) is 20.8. The predicted molar refractivity (Wildman–Crippen MR) is 108 cm³/mol. The van der Waals surface area contributed by atoms with E-state index in [9.17, 15) is 4.79 Å². The van der Waals surface area contributed by atoms with Crippen molar-refractivity contribution in [2.24, 2.45) is 0 Å². The van der Waals surface area contributed by atoms with Gasteiger partial charge in [0.25, 0.3) is 0 Å². The van der Waals surface area contributed by atoms with E-state index >= 15 is 0 Å². The first-order chi connectivity index (χ1) is 12.9. The number of aromatic nitrogens is 1. The van der Waals surface area contributed by atoms with Gasteiger partial charge in [0.1, 0.15) is 5.82 Å². The number of rotatable bonds is 4. The molecular formula is C21H28N4O2. The molecule has 1 saturated heterocycles. The molecule has 1 aromatic heterocycles. The first kappa shape index (κ1) is 19.2. The fourth-order valence-electron chi connectivity index (χ4n) is 3.27. The van der Waals surface area contributed by atoms with Crippen LogP contribution in [0.1, 0.15) is 25.0 Å². The molecule has 0 spiro atoms. The lowest BCUT2D eigenvalue weighted by molar-refractivity contribution is -0.00545. The highest BCUT2D eigenvalue weighted by Crippen LogP contribution is 2.20. The van der Waals surface area contributed by atoms with Gasteiger partial charge in [0.05, 0.1) is 24.1 Å². The number of urea groups is 1. The second-order valence-electron chi connectivity index (χ2n) is 7.34. The number of benzene rings is 1. The highest BCUT2D eigenvalue weighted by Gasteiger charge is 2.23. The summed E-state index contributed by atoms with van der Waals surface area (Å²) in [5, 5.41) is 2.90. The lowest BCUT2D eigenvalue weighted by Crippen LogP contribution is -2.45. The Bertz CT molecular complexity index is 751. The summed E-state index contributed by atoms with van der Waals surface area (Å²) < 4.78 is 5.76. The predicted octanol–water partition coefficient (Wildman–Crippen LogP) is 3.67. The number of ether oxygens (including phenoxy) is 1. The van der Waals surface area contributed by atoms with Gasteiger partial charge in [0.15, 0.2) is 0 Å². The summed E-state index contributed by atoms with van der Waals surface area (Å²) in [7, 11) is 1.79. The van der Waals surface area contributed by atoms with E-state index in [2.05, 4.69) is 48.1 Å². The van der Waals surface area contributed by atoms with Crippen LogP contribution in [0.15, 0.2) is 42.6 Å². The molecule has 27 heavy (non-hydrogen) atoms. The van der Waals surface area contributed by atoms with Crippen molar-refractivity contribution in [3.05, 3.63) is 53.7 Å². The van der Waals surface area contributed by atoms with Crippen molar-refractivity contribution < 1.29 is 9.53 Å². The van der Waals surface area contributed by atoms with Gasteiger partial charge in [-0.1, -0.05) is 29.8 Å². The van der Waals surface area contributed by atoms with E-state index in [-0.39, 0.29) is 18.2 Å². The summed E-state index contributed by atoms with van der Waals surface area (Å²) in [6, 6.07) is 11.9. The van der Waals surface area contributed by atoms with E-state index in [4.69, 9.17) is 4.74 Å². The molecule has 2 aromatic rings. The van der Waals surface area contributed by atoms with Crippen LogP contribution in [-0.4, -0.2) is 48.3 Å². The molecule has 0 saturated carbocycles. The summed E-state index contributed by atoms with van der Waals surface area (Å²) in [5.41, 5.74) is 3.00. The zero-order chi connectivity index (χ0) is 19.4. The molecule has 0 radical (unpaired) electrons. The van der Waals surface area contributed by atoms with E-state index < -0.39 is 0 Å². The molecule has 2 unspecified atom stereocenters. The average molecular weight is 368 g/mol. The van der Waals surface area contributed by atoms with Crippen LogP contribution in [0.4, 0.5) is 16.3 Å². The third-order valence-electron chi connectivity index (χ3n) is 4.63. The number of anilines is 2. The van der Waals surface area contributed by atoms with Crippen LogP contribution < -0.4 is 10.2 Å². The second-order valence-corrected chi connectivity index (χ2v) is 7.34. The maximum atomic E-state index is 12.4. The van der Waals surface area contributed by atoms with Crippen molar-refractivity contribution in [2.45, 2.75) is 39.5 Å². The van der Waals surface area contributed by atoms with E-state index in [0.29, 0.717) is 12.2 Å². The number of aryl methyl sites for hydroxylation is 1. The van der Waals surface area contributed by atoms with Gasteiger partial charge in [-0.25, -0.2) is 9.78 Å². The number of hydrogen-bond donors (Lipinski definition) is 1. The molecule has 2 amide bonds. The van der Waals surface area contributed by atoms with Crippen LogP contribution in [0.25, 0.3) is 0 Å². The van der Waals surface area contributed by atoms with Crippen molar-refractivity contribution in [1.82, 2.24) is 9.88 Å². The normalized spacial score (nSPS) is 19.6. The average Bonchev–Trinajstić information content (AvgIpc) is 2.63. The van der Waals surface area contributed by atoms with Crippen LogP contribution in [0, 0.1) is 6.92 Å². The number of amides is 2. The molecule has 1 fully saturated rings. The maximum absolute atomic E-state index is 12.4. The van der Waals surface area contributed by atoms with Crippen molar-refractivity contribution >= 4 is 17.5 Å². The number of carbonyl (C=O) groups excluding carboxylic acids is 1. The number of hydrogen-bond acceptors (Lipinski definition) is 4. The van der Waals surface area contributed by atoms with Crippen LogP contribution >= 0.6 is 0 Å². The summed E-state index contributed by atoms with van der Waals surface area (Å²) in [6.45, 7) is 8.39. The lowest BCUT2D eigenvalue weighted by Gasteiger charge is -2.36. The molecule has 2 heterocycles. The van der Waals surface area contributed by atoms with Crippen LogP contribution in [0.3, 0.4) is 0 Å². The fourth-order valence-corrected chi connectivity index (χ4v) is 3.27. The Morgan fingerprint density at radius 3 is 2.44 bits per heavy atom. The van der Waals surface area contributed by atoms with Gasteiger partial charge in [0, 0.05) is 26.7 Å². The Labute approximate surface area is 161 Å². The van der Waals surface area contributed by atoms with Gasteiger partial charge in [-0.05, 0) is 38.5 Å². The maximum Gasteiger partial charge on any atom is 0.321 e. The standard InChI is InChI=1S/C21H28N4O2/c1-15-5-7-18(8-6-15)14-24(4)21(26)23-19-9-10-20(22-11-19)25-12-16(2)27-17(3)13-25/h5-11,16-17H,12-14H2,1-4H3,(H,23,26). The molecule has 144 valence electrons. The van der Waals surface area contributed by atoms with Crippen molar-refractivity contribution in [3.63, 3.8) is 0 Å². The SMILES string of the molecule is Cc1ccc(CN(C)C(=O)Nc2ccc(N3CC(C)OC(C)C3)nc2)cc1. The van der Waals surface area contributed by atoms with Crippen LogP contribution in [0.5, 0.6) is 0 Å². The largest absolute Gasteiger partial charge is 0.372 e. The third kappa shape index (κ3) is 5.20. The molecule has 1 aliphatic heterocycles. The Balaban J connectivity index is 1.57. The molecule has 1 aliphatic rings. The lowest BCUT2D eigenvalue weighted by atomic mass is 10.1. The topological polar surface area (TPSA) is 57.7 Å². The Kier molecular flexibility index (Phi) is 5.96. The monoisotopic (exact) mass is 368 g/mol. The number of carbonyl (C=O) groups is 1. The van der Waals surface area contributed by atoms with Crippen molar-refractivity contribution in [2.75, 3.05) is 30.4 Å². The van der Waals surface area contributed by atoms with Gasteiger partial charge in [0.2, 0.25) is 0 Å². The quantitative estimate of drug-likeness (QED) is 0.895. The molecule has 1 aromatic carbocycles. The summed E-state index contributed by atoms with van der Waals surface area (Å²) >= 11 is 0. The molecule has 1 N–H and O–H groups in total. The third-order valence-corrected chi connectivity index (χ3v) is 4.63. The van der Waals surface area contributed by atoms with E-state index in [1.54, 1.807) is 18.1 Å².